The highest BCUT2D eigenvalue weighted by atomic mass is 16.5. The highest BCUT2D eigenvalue weighted by molar-refractivity contribution is 5.88. The van der Waals surface area contributed by atoms with Gasteiger partial charge in [-0.25, -0.2) is 0 Å². The molecule has 12 heavy (non-hydrogen) atoms. The molecule has 0 aliphatic heterocycles. The Balaban J connectivity index is 2.71. The van der Waals surface area contributed by atoms with Crippen molar-refractivity contribution in [2.45, 2.75) is 0 Å². The molecular weight excluding hydrogens is 156 g/mol. The van der Waals surface area contributed by atoms with Crippen molar-refractivity contribution in [1.29, 1.82) is 0 Å². The molecule has 4 nitrogen and oxygen atoms in total. The number of benzene rings is 1. The molecule has 0 bridgehead atoms. The summed E-state index contributed by atoms with van der Waals surface area (Å²) in [5, 5.41) is 4.52. The first-order chi connectivity index (χ1) is 5.81. The lowest BCUT2D eigenvalue weighted by Gasteiger charge is -1.96. The van der Waals surface area contributed by atoms with Crippen molar-refractivity contribution in [3.05, 3.63) is 18.2 Å². The number of rotatable bonds is 1. The second-order valence-corrected chi connectivity index (χ2v) is 2.43. The van der Waals surface area contributed by atoms with Gasteiger partial charge in [0.05, 0.1) is 12.5 Å². The van der Waals surface area contributed by atoms with Gasteiger partial charge in [0, 0.05) is 0 Å². The first-order valence-corrected chi connectivity index (χ1v) is 3.50. The van der Waals surface area contributed by atoms with Gasteiger partial charge < -0.3 is 15.0 Å². The van der Waals surface area contributed by atoms with Crippen LogP contribution in [0.3, 0.4) is 0 Å². The van der Waals surface area contributed by atoms with E-state index in [2.05, 4.69) is 5.16 Å². The van der Waals surface area contributed by atoms with E-state index in [1.54, 1.807) is 19.2 Å². The Labute approximate surface area is 68.9 Å². The summed E-state index contributed by atoms with van der Waals surface area (Å²) in [6.45, 7) is 0. The Kier molecular flexibility index (Phi) is 1.40. The largest absolute Gasteiger partial charge is 0.497 e. The molecule has 2 rings (SSSR count). The fourth-order valence-corrected chi connectivity index (χ4v) is 1.07. The zero-order valence-corrected chi connectivity index (χ0v) is 6.57. The van der Waals surface area contributed by atoms with Gasteiger partial charge in [-0.3, -0.25) is 0 Å². The van der Waals surface area contributed by atoms with Gasteiger partial charge in [0.15, 0.2) is 0 Å². The molecule has 0 unspecified atom stereocenters. The van der Waals surface area contributed by atoms with E-state index in [-0.39, 0.29) is 0 Å². The fourth-order valence-electron chi connectivity index (χ4n) is 1.07. The van der Waals surface area contributed by atoms with Crippen LogP contribution in [0.15, 0.2) is 22.7 Å². The third-order valence-corrected chi connectivity index (χ3v) is 1.71. The molecule has 1 aromatic heterocycles. The lowest BCUT2D eigenvalue weighted by molar-refractivity contribution is 0.415. The minimum atomic E-state index is 0.323. The normalized spacial score (nSPS) is 10.4. The van der Waals surface area contributed by atoms with Crippen molar-refractivity contribution < 1.29 is 9.26 Å². The molecule has 2 N–H and O–H groups in total. The Morgan fingerprint density at radius 2 is 2.33 bits per heavy atom. The van der Waals surface area contributed by atoms with Gasteiger partial charge in [-0.15, -0.1) is 0 Å². The average molecular weight is 164 g/mol. The van der Waals surface area contributed by atoms with E-state index >= 15 is 0 Å². The lowest BCUT2D eigenvalue weighted by atomic mass is 10.2. The molecule has 2 aromatic rings. The number of aromatic nitrogens is 1. The quantitative estimate of drug-likeness (QED) is 0.692. The van der Waals surface area contributed by atoms with E-state index < -0.39 is 0 Å². The summed E-state index contributed by atoms with van der Waals surface area (Å²) in [4.78, 5) is 0. The summed E-state index contributed by atoms with van der Waals surface area (Å²) in [7, 11) is 1.60. The zero-order chi connectivity index (χ0) is 8.55. The van der Waals surface area contributed by atoms with Gasteiger partial charge >= 0.3 is 0 Å². The summed E-state index contributed by atoms with van der Waals surface area (Å²) >= 11 is 0. The summed E-state index contributed by atoms with van der Waals surface area (Å²) < 4.78 is 9.81. The second kappa shape index (κ2) is 2.41. The average Bonchev–Trinajstić information content (AvgIpc) is 2.47. The summed E-state index contributed by atoms with van der Waals surface area (Å²) in [5.74, 6) is 1.07. The predicted octanol–water partition coefficient (Wildman–Crippen LogP) is 1.42. The standard InChI is InChI=1S/C8H8N2O2/c1-11-5-2-3-7-6(4-5)8(9)12-10-7/h2-4H,9H2,1H3. The van der Waals surface area contributed by atoms with Gasteiger partial charge in [-0.1, -0.05) is 5.16 Å². The fraction of sp³-hybridized carbons (Fsp3) is 0.125. The third kappa shape index (κ3) is 0.887. The van der Waals surface area contributed by atoms with E-state index in [0.717, 1.165) is 16.7 Å². The maximum atomic E-state index is 5.52. The Morgan fingerprint density at radius 3 is 3.08 bits per heavy atom. The van der Waals surface area contributed by atoms with Crippen LogP contribution in [0, 0.1) is 0 Å². The van der Waals surface area contributed by atoms with Crippen LogP contribution in [0.1, 0.15) is 0 Å². The molecule has 4 heteroatoms. The van der Waals surface area contributed by atoms with Crippen molar-refractivity contribution in [2.24, 2.45) is 0 Å². The minimum absolute atomic E-state index is 0.323. The maximum absolute atomic E-state index is 5.52. The van der Waals surface area contributed by atoms with E-state index in [9.17, 15) is 0 Å². The Bertz CT molecular complexity index is 408. The summed E-state index contributed by atoms with van der Waals surface area (Å²) in [5.41, 5.74) is 6.26. The van der Waals surface area contributed by atoms with Gasteiger partial charge in [-0.05, 0) is 18.2 Å². The molecule has 0 spiro atoms. The monoisotopic (exact) mass is 164 g/mol. The van der Waals surface area contributed by atoms with Crippen molar-refractivity contribution in [1.82, 2.24) is 5.16 Å². The molecule has 0 aliphatic rings. The van der Waals surface area contributed by atoms with E-state index in [4.69, 9.17) is 15.0 Å². The van der Waals surface area contributed by atoms with Gasteiger partial charge in [0.1, 0.15) is 11.3 Å². The number of hydrogen-bond donors (Lipinski definition) is 1. The number of nitrogens with zero attached hydrogens (tertiary/aromatic N) is 1. The molecule has 0 amide bonds. The van der Waals surface area contributed by atoms with Gasteiger partial charge in [0.2, 0.25) is 5.88 Å². The van der Waals surface area contributed by atoms with Gasteiger partial charge in [0.25, 0.3) is 0 Å². The van der Waals surface area contributed by atoms with Crippen LogP contribution < -0.4 is 10.5 Å². The molecular formula is C8H8N2O2. The van der Waals surface area contributed by atoms with E-state index in [1.807, 2.05) is 6.07 Å². The maximum Gasteiger partial charge on any atom is 0.230 e. The lowest BCUT2D eigenvalue weighted by Crippen LogP contribution is -1.83. The van der Waals surface area contributed by atoms with Crippen molar-refractivity contribution in [3.63, 3.8) is 0 Å². The van der Waals surface area contributed by atoms with Gasteiger partial charge in [-0.2, -0.15) is 0 Å². The molecule has 0 saturated carbocycles. The zero-order valence-electron chi connectivity index (χ0n) is 6.57. The number of nitrogen functional groups attached to an aromatic ring is 1. The molecule has 1 aromatic carbocycles. The predicted molar refractivity (Wildman–Crippen MR) is 45.0 cm³/mol. The van der Waals surface area contributed by atoms with Crippen LogP contribution in [0.5, 0.6) is 5.75 Å². The number of nitrogens with two attached hydrogens (primary N) is 1. The summed E-state index contributed by atoms with van der Waals surface area (Å²) in [6.07, 6.45) is 0. The van der Waals surface area contributed by atoms with Crippen LogP contribution >= 0.6 is 0 Å². The SMILES string of the molecule is COc1ccc2noc(N)c2c1. The first-order valence-electron chi connectivity index (χ1n) is 3.50. The summed E-state index contributed by atoms with van der Waals surface area (Å²) in [6, 6.07) is 5.40. The van der Waals surface area contributed by atoms with Crippen molar-refractivity contribution in [2.75, 3.05) is 12.8 Å². The molecule has 0 radical (unpaired) electrons. The Morgan fingerprint density at radius 1 is 1.50 bits per heavy atom. The second-order valence-electron chi connectivity index (χ2n) is 2.43. The Hall–Kier alpha value is -1.71. The molecule has 0 atom stereocenters. The van der Waals surface area contributed by atoms with Crippen LogP contribution in [-0.4, -0.2) is 12.3 Å². The molecule has 0 aliphatic carbocycles. The van der Waals surface area contributed by atoms with E-state index in [0.29, 0.717) is 5.88 Å². The molecule has 0 saturated heterocycles. The third-order valence-electron chi connectivity index (χ3n) is 1.71. The molecule has 0 fully saturated rings. The molecule has 1 heterocycles. The first kappa shape index (κ1) is 6.97. The van der Waals surface area contributed by atoms with Crippen LogP contribution in [0.2, 0.25) is 0 Å². The van der Waals surface area contributed by atoms with Crippen LogP contribution in [-0.2, 0) is 0 Å². The number of methoxy groups -OCH3 is 1. The van der Waals surface area contributed by atoms with Crippen molar-refractivity contribution >= 4 is 16.8 Å². The highest BCUT2D eigenvalue weighted by Crippen LogP contribution is 2.24. The number of hydrogen-bond acceptors (Lipinski definition) is 4. The topological polar surface area (TPSA) is 61.3 Å². The number of anilines is 1. The number of fused-ring (bicyclic) bond motifs is 1. The van der Waals surface area contributed by atoms with E-state index in [1.165, 1.54) is 0 Å². The highest BCUT2D eigenvalue weighted by Gasteiger charge is 2.04. The smallest absolute Gasteiger partial charge is 0.230 e. The van der Waals surface area contributed by atoms with Crippen LogP contribution in [0.25, 0.3) is 10.9 Å². The van der Waals surface area contributed by atoms with Crippen LogP contribution in [0.4, 0.5) is 5.88 Å². The molecule has 62 valence electrons. The number of ether oxygens (including phenoxy) is 1. The van der Waals surface area contributed by atoms with Crippen molar-refractivity contribution in [3.8, 4) is 5.75 Å². The minimum Gasteiger partial charge on any atom is -0.497 e.